The van der Waals surface area contributed by atoms with Crippen LogP contribution in [0.3, 0.4) is 0 Å². The third kappa shape index (κ3) is 2.41. The van der Waals surface area contributed by atoms with Crippen molar-refractivity contribution in [2.45, 2.75) is 6.54 Å². The van der Waals surface area contributed by atoms with E-state index in [1.165, 1.54) is 0 Å². The van der Waals surface area contributed by atoms with Crippen LogP contribution in [0.25, 0.3) is 0 Å². The van der Waals surface area contributed by atoms with Crippen molar-refractivity contribution in [3.63, 3.8) is 0 Å². The molecule has 0 N–H and O–H groups in total. The van der Waals surface area contributed by atoms with Gasteiger partial charge in [0.25, 0.3) is 0 Å². The molecule has 0 aromatic carbocycles. The van der Waals surface area contributed by atoms with Gasteiger partial charge in [0, 0.05) is 12.4 Å². The van der Waals surface area contributed by atoms with Crippen LogP contribution in [0.4, 0.5) is 0 Å². The van der Waals surface area contributed by atoms with Gasteiger partial charge < -0.3 is 11.5 Å². The Kier molecular flexibility index (Phi) is 5.20. The Morgan fingerprint density at radius 3 is 2.62 bits per heavy atom. The van der Waals surface area contributed by atoms with Crippen LogP contribution in [0.5, 0.6) is 0 Å². The van der Waals surface area contributed by atoms with Crippen molar-refractivity contribution in [2.24, 2.45) is 0 Å². The van der Waals surface area contributed by atoms with E-state index in [0.717, 1.165) is 6.54 Å². The summed E-state index contributed by atoms with van der Waals surface area (Å²) in [5, 5.41) is 0. The molecule has 38 valence electrons. The average molecular weight is 134 g/mol. The summed E-state index contributed by atoms with van der Waals surface area (Å²) in [4.78, 5) is 3.82. The second-order valence-electron chi connectivity index (χ2n) is 1.30. The molecule has 0 aliphatic rings. The fraction of sp³-hybridized carbons (Fsp3) is 0.200. The summed E-state index contributed by atoms with van der Waals surface area (Å²) >= 11 is 0. The van der Waals surface area contributed by atoms with Crippen molar-refractivity contribution in [2.75, 3.05) is 0 Å². The molecule has 8 heavy (non-hydrogen) atoms. The van der Waals surface area contributed by atoms with E-state index in [4.69, 9.17) is 0 Å². The van der Waals surface area contributed by atoms with Crippen molar-refractivity contribution in [1.82, 2.24) is 9.55 Å². The fourth-order valence-electron chi connectivity index (χ4n) is 0.419. The van der Waals surface area contributed by atoms with Gasteiger partial charge in [0.15, 0.2) is 0 Å². The number of rotatable bonds is 1. The Bertz CT molecular complexity index is 125. The SMILES string of the molecule is [CH2-]Cn1ccnc1.[K+]. The summed E-state index contributed by atoms with van der Waals surface area (Å²) in [6, 6.07) is 0. The first-order valence-corrected chi connectivity index (χ1v) is 2.18. The molecule has 0 aliphatic heterocycles. The Morgan fingerprint density at radius 2 is 2.38 bits per heavy atom. The number of imidazole rings is 1. The Labute approximate surface area is 91.7 Å². The zero-order valence-corrected chi connectivity index (χ0v) is 8.16. The molecule has 0 aliphatic carbocycles. The average Bonchev–Trinajstić information content (AvgIpc) is 2.14. The molecule has 0 unspecified atom stereocenters. The second-order valence-corrected chi connectivity index (χ2v) is 1.30. The summed E-state index contributed by atoms with van der Waals surface area (Å²) < 4.78 is 1.90. The van der Waals surface area contributed by atoms with Crippen molar-refractivity contribution in [3.05, 3.63) is 25.6 Å². The largest absolute Gasteiger partial charge is 1.00 e. The van der Waals surface area contributed by atoms with Gasteiger partial charge in [0.2, 0.25) is 0 Å². The van der Waals surface area contributed by atoms with Crippen molar-refractivity contribution in [3.8, 4) is 0 Å². The van der Waals surface area contributed by atoms with Crippen molar-refractivity contribution >= 4 is 0 Å². The van der Waals surface area contributed by atoms with Gasteiger partial charge in [-0.25, -0.2) is 4.98 Å². The smallest absolute Gasteiger partial charge is 0.368 e. The van der Waals surface area contributed by atoms with E-state index in [0.29, 0.717) is 0 Å². The van der Waals surface area contributed by atoms with Gasteiger partial charge >= 0.3 is 51.4 Å². The Hall–Kier alpha value is 0.846. The molecule has 3 heteroatoms. The van der Waals surface area contributed by atoms with Crippen LogP contribution in [0.2, 0.25) is 0 Å². The number of hydrogen-bond acceptors (Lipinski definition) is 1. The van der Waals surface area contributed by atoms with E-state index in [1.807, 2.05) is 10.8 Å². The minimum absolute atomic E-state index is 0. The number of hydrogen-bond donors (Lipinski definition) is 0. The topological polar surface area (TPSA) is 17.8 Å². The molecule has 0 spiro atoms. The molecule has 2 nitrogen and oxygen atoms in total. The zero-order valence-electron chi connectivity index (χ0n) is 5.04. The van der Waals surface area contributed by atoms with Gasteiger partial charge in [0.1, 0.15) is 0 Å². The van der Waals surface area contributed by atoms with Gasteiger partial charge in [-0.05, 0) is 0 Å². The molecule has 1 aromatic heterocycles. The predicted molar refractivity (Wildman–Crippen MR) is 27.6 cm³/mol. The van der Waals surface area contributed by atoms with Crippen LogP contribution in [0, 0.1) is 6.92 Å². The second kappa shape index (κ2) is 4.70. The van der Waals surface area contributed by atoms with E-state index >= 15 is 0 Å². The van der Waals surface area contributed by atoms with Gasteiger partial charge in [-0.3, -0.25) is 0 Å². The molecule has 0 saturated heterocycles. The molecule has 1 rings (SSSR count). The summed E-state index contributed by atoms with van der Waals surface area (Å²) in [7, 11) is 0. The first-order chi connectivity index (χ1) is 3.43. The molecule has 0 atom stereocenters. The van der Waals surface area contributed by atoms with Crippen molar-refractivity contribution < 1.29 is 51.4 Å². The van der Waals surface area contributed by atoms with Gasteiger partial charge in [0.05, 0.1) is 6.33 Å². The predicted octanol–water partition coefficient (Wildman–Crippen LogP) is -2.28. The first kappa shape index (κ1) is 8.85. The summed E-state index contributed by atoms with van der Waals surface area (Å²) in [6.07, 6.45) is 5.37. The Balaban J connectivity index is 0.000000490. The maximum atomic E-state index is 3.82. The Morgan fingerprint density at radius 1 is 1.62 bits per heavy atom. The van der Waals surface area contributed by atoms with Gasteiger partial charge in [-0.2, -0.15) is 0 Å². The number of aromatic nitrogens is 2. The summed E-state index contributed by atoms with van der Waals surface area (Å²) in [5.41, 5.74) is 0. The van der Waals surface area contributed by atoms with E-state index in [-0.39, 0.29) is 51.4 Å². The molecule has 0 radical (unpaired) electrons. The van der Waals surface area contributed by atoms with Crippen LogP contribution < -0.4 is 51.4 Å². The molecular weight excluding hydrogens is 127 g/mol. The zero-order chi connectivity index (χ0) is 5.11. The summed E-state index contributed by atoms with van der Waals surface area (Å²) in [5.74, 6) is 0. The van der Waals surface area contributed by atoms with Crippen molar-refractivity contribution in [1.29, 1.82) is 0 Å². The van der Waals surface area contributed by atoms with E-state index in [1.54, 1.807) is 12.5 Å². The molecule has 1 aromatic rings. The number of nitrogens with zero attached hydrogens (tertiary/aromatic N) is 2. The normalized spacial score (nSPS) is 8.12. The van der Waals surface area contributed by atoms with E-state index in [2.05, 4.69) is 11.9 Å². The van der Waals surface area contributed by atoms with Gasteiger partial charge in [-0.1, -0.05) is 0 Å². The maximum absolute atomic E-state index is 3.82. The van der Waals surface area contributed by atoms with Crippen LogP contribution >= 0.6 is 0 Å². The van der Waals surface area contributed by atoms with E-state index < -0.39 is 0 Å². The molecule has 0 amide bonds. The van der Waals surface area contributed by atoms with Crippen LogP contribution in [0.15, 0.2) is 18.7 Å². The van der Waals surface area contributed by atoms with Crippen LogP contribution in [0.1, 0.15) is 0 Å². The molecule has 0 saturated carbocycles. The minimum Gasteiger partial charge on any atom is -0.368 e. The molecule has 0 bridgehead atoms. The van der Waals surface area contributed by atoms with Gasteiger partial charge in [-0.15, -0.1) is 6.54 Å². The van der Waals surface area contributed by atoms with E-state index in [9.17, 15) is 0 Å². The molecule has 1 heterocycles. The molecule has 0 fully saturated rings. The summed E-state index contributed by atoms with van der Waals surface area (Å²) in [6.45, 7) is 4.42. The maximum Gasteiger partial charge on any atom is 1.00 e. The third-order valence-electron chi connectivity index (χ3n) is 0.817. The van der Waals surface area contributed by atoms with Crippen LogP contribution in [-0.2, 0) is 6.54 Å². The minimum atomic E-state index is 0. The quantitative estimate of drug-likeness (QED) is 0.312. The third-order valence-corrected chi connectivity index (χ3v) is 0.817. The monoisotopic (exact) mass is 134 g/mol. The fourth-order valence-corrected chi connectivity index (χ4v) is 0.419. The standard InChI is InChI=1S/C5H7N2.K/c1-2-7-4-3-6-5-7;/h3-5H,1-2H2;/q-1;+1. The first-order valence-electron chi connectivity index (χ1n) is 2.18. The molecular formula is C5H7KN2. The van der Waals surface area contributed by atoms with Crippen LogP contribution in [-0.4, -0.2) is 9.55 Å².